The molecule has 0 spiro atoms. The summed E-state index contributed by atoms with van der Waals surface area (Å²) in [5.41, 5.74) is 0.456. The highest BCUT2D eigenvalue weighted by Gasteiger charge is 2.46. The SMILES string of the molecule is CN1C(=O)c2cc(C(=O)NCCc3ccc(Cl)cc3)nn2C[C@]1(C)C(=O)NC1CCCCCC1. The van der Waals surface area contributed by atoms with Gasteiger partial charge in [0.1, 0.15) is 11.2 Å². The lowest BCUT2D eigenvalue weighted by molar-refractivity contribution is -0.133. The van der Waals surface area contributed by atoms with Gasteiger partial charge in [0.15, 0.2) is 5.69 Å². The molecule has 9 heteroatoms. The van der Waals surface area contributed by atoms with E-state index in [0.29, 0.717) is 23.7 Å². The van der Waals surface area contributed by atoms with Crippen molar-refractivity contribution in [3.8, 4) is 0 Å². The maximum absolute atomic E-state index is 13.3. The van der Waals surface area contributed by atoms with Crippen molar-refractivity contribution >= 4 is 29.3 Å². The van der Waals surface area contributed by atoms with Gasteiger partial charge in [-0.1, -0.05) is 49.4 Å². The Morgan fingerprint density at radius 1 is 1.15 bits per heavy atom. The first-order valence-electron chi connectivity index (χ1n) is 12.0. The highest BCUT2D eigenvalue weighted by Crippen LogP contribution is 2.27. The molecule has 34 heavy (non-hydrogen) atoms. The van der Waals surface area contributed by atoms with Gasteiger partial charge in [0, 0.05) is 30.7 Å². The number of hydrogen-bond acceptors (Lipinski definition) is 4. The molecule has 8 nitrogen and oxygen atoms in total. The van der Waals surface area contributed by atoms with Gasteiger partial charge in [0.2, 0.25) is 5.91 Å². The van der Waals surface area contributed by atoms with E-state index in [-0.39, 0.29) is 36.0 Å². The van der Waals surface area contributed by atoms with Crippen molar-refractivity contribution < 1.29 is 14.4 Å². The number of fused-ring (bicyclic) bond motifs is 1. The number of carbonyl (C=O) groups is 3. The molecule has 2 heterocycles. The number of benzene rings is 1. The number of nitrogens with one attached hydrogen (secondary N) is 2. The zero-order valence-corrected chi connectivity index (χ0v) is 20.5. The molecule has 0 unspecified atom stereocenters. The molecule has 1 aliphatic heterocycles. The lowest BCUT2D eigenvalue weighted by Gasteiger charge is -2.41. The molecule has 1 aliphatic carbocycles. The second-order valence-corrected chi connectivity index (χ2v) is 9.94. The normalized spacial score (nSPS) is 21.0. The average Bonchev–Trinajstić information content (AvgIpc) is 3.07. The lowest BCUT2D eigenvalue weighted by Crippen LogP contribution is -2.63. The van der Waals surface area contributed by atoms with Crippen LogP contribution >= 0.6 is 11.6 Å². The predicted octanol–water partition coefficient (Wildman–Crippen LogP) is 3.19. The van der Waals surface area contributed by atoms with Gasteiger partial charge < -0.3 is 15.5 Å². The summed E-state index contributed by atoms with van der Waals surface area (Å²) in [7, 11) is 1.64. The van der Waals surface area contributed by atoms with E-state index < -0.39 is 5.54 Å². The number of rotatable bonds is 6. The van der Waals surface area contributed by atoms with Gasteiger partial charge in [-0.05, 0) is 43.9 Å². The Labute approximate surface area is 205 Å². The summed E-state index contributed by atoms with van der Waals surface area (Å²) < 4.78 is 1.49. The van der Waals surface area contributed by atoms with Crippen LogP contribution in [-0.2, 0) is 17.8 Å². The minimum Gasteiger partial charge on any atom is -0.351 e. The molecule has 1 fully saturated rings. The first-order chi connectivity index (χ1) is 16.3. The van der Waals surface area contributed by atoms with Crippen LogP contribution in [0.25, 0.3) is 0 Å². The van der Waals surface area contributed by atoms with Crippen LogP contribution < -0.4 is 10.6 Å². The number of likely N-dealkylation sites (N-methyl/N-ethyl adjacent to an activating group) is 1. The van der Waals surface area contributed by atoms with Crippen LogP contribution in [0.4, 0.5) is 0 Å². The van der Waals surface area contributed by atoms with Crippen LogP contribution in [0, 0.1) is 0 Å². The molecule has 2 aliphatic rings. The summed E-state index contributed by atoms with van der Waals surface area (Å²) in [6.07, 6.45) is 7.19. The standard InChI is InChI=1S/C25H32ClN5O3/c1-25(24(34)28-19-7-5-3-4-6-8-19)16-31-21(23(33)30(25)2)15-20(29-31)22(32)27-14-13-17-9-11-18(26)12-10-17/h9-12,15,19H,3-8,13-14,16H2,1-2H3,(H,27,32)(H,28,34)/t25-/m1/s1. The maximum Gasteiger partial charge on any atom is 0.272 e. The predicted molar refractivity (Wildman–Crippen MR) is 130 cm³/mol. The van der Waals surface area contributed by atoms with Crippen molar-refractivity contribution in [1.29, 1.82) is 0 Å². The Balaban J connectivity index is 1.42. The molecule has 1 aromatic carbocycles. The molecule has 1 saturated carbocycles. The molecule has 182 valence electrons. The third kappa shape index (κ3) is 5.12. The maximum atomic E-state index is 13.3. The van der Waals surface area contributed by atoms with Crippen molar-refractivity contribution in [1.82, 2.24) is 25.3 Å². The summed E-state index contributed by atoms with van der Waals surface area (Å²) in [6.45, 7) is 2.38. The van der Waals surface area contributed by atoms with Crippen LogP contribution in [0.3, 0.4) is 0 Å². The fourth-order valence-electron chi connectivity index (χ4n) is 4.66. The highest BCUT2D eigenvalue weighted by atomic mass is 35.5. The highest BCUT2D eigenvalue weighted by molar-refractivity contribution is 6.30. The lowest BCUT2D eigenvalue weighted by atomic mass is 9.95. The summed E-state index contributed by atoms with van der Waals surface area (Å²) in [5.74, 6) is -0.848. The topological polar surface area (TPSA) is 96.3 Å². The average molecular weight is 486 g/mol. The number of halogens is 1. The third-order valence-electron chi connectivity index (χ3n) is 7.03. The number of amides is 3. The van der Waals surface area contributed by atoms with E-state index in [1.54, 1.807) is 14.0 Å². The summed E-state index contributed by atoms with van der Waals surface area (Å²) in [6, 6.07) is 9.09. The van der Waals surface area contributed by atoms with Gasteiger partial charge in [-0.25, -0.2) is 0 Å². The van der Waals surface area contributed by atoms with Crippen LogP contribution in [0.2, 0.25) is 5.02 Å². The molecule has 0 radical (unpaired) electrons. The van der Waals surface area contributed by atoms with E-state index in [1.165, 1.54) is 28.5 Å². The van der Waals surface area contributed by atoms with Crippen LogP contribution in [0.5, 0.6) is 0 Å². The molecule has 4 rings (SSSR count). The molecule has 2 aromatic rings. The van der Waals surface area contributed by atoms with Crippen LogP contribution in [-0.4, -0.2) is 57.6 Å². The van der Waals surface area contributed by atoms with Gasteiger partial charge in [-0.15, -0.1) is 0 Å². The van der Waals surface area contributed by atoms with E-state index in [2.05, 4.69) is 15.7 Å². The van der Waals surface area contributed by atoms with Crippen LogP contribution in [0.1, 0.15) is 72.0 Å². The summed E-state index contributed by atoms with van der Waals surface area (Å²) >= 11 is 5.91. The van der Waals surface area contributed by atoms with Crippen molar-refractivity contribution in [2.75, 3.05) is 13.6 Å². The Kier molecular flexibility index (Phi) is 7.26. The van der Waals surface area contributed by atoms with Gasteiger partial charge >= 0.3 is 0 Å². The fourth-order valence-corrected chi connectivity index (χ4v) is 4.79. The van der Waals surface area contributed by atoms with E-state index in [1.807, 2.05) is 24.3 Å². The Morgan fingerprint density at radius 2 is 1.82 bits per heavy atom. The largest absolute Gasteiger partial charge is 0.351 e. The molecular formula is C25H32ClN5O3. The van der Waals surface area contributed by atoms with E-state index >= 15 is 0 Å². The minimum absolute atomic E-state index is 0.135. The van der Waals surface area contributed by atoms with Gasteiger partial charge in [-0.2, -0.15) is 5.10 Å². The van der Waals surface area contributed by atoms with Crippen molar-refractivity contribution in [3.63, 3.8) is 0 Å². The number of carbonyl (C=O) groups excluding carboxylic acids is 3. The Hall–Kier alpha value is -2.87. The minimum atomic E-state index is -1.08. The smallest absolute Gasteiger partial charge is 0.272 e. The van der Waals surface area contributed by atoms with E-state index in [9.17, 15) is 14.4 Å². The zero-order chi connectivity index (χ0) is 24.3. The molecule has 2 N–H and O–H groups in total. The van der Waals surface area contributed by atoms with E-state index in [4.69, 9.17) is 11.6 Å². The number of hydrogen-bond donors (Lipinski definition) is 2. The molecule has 0 bridgehead atoms. The monoisotopic (exact) mass is 485 g/mol. The fraction of sp³-hybridized carbons (Fsp3) is 0.520. The van der Waals surface area contributed by atoms with Crippen molar-refractivity contribution in [2.45, 2.75) is 70.0 Å². The van der Waals surface area contributed by atoms with E-state index in [0.717, 1.165) is 31.2 Å². The number of aromatic nitrogens is 2. The molecule has 1 aromatic heterocycles. The summed E-state index contributed by atoms with van der Waals surface area (Å²) in [5, 5.41) is 11.1. The first kappa shape index (κ1) is 24.3. The first-order valence-corrected chi connectivity index (χ1v) is 12.4. The van der Waals surface area contributed by atoms with Crippen LogP contribution in [0.15, 0.2) is 30.3 Å². The van der Waals surface area contributed by atoms with Crippen molar-refractivity contribution in [3.05, 3.63) is 52.3 Å². The Morgan fingerprint density at radius 3 is 2.50 bits per heavy atom. The second-order valence-electron chi connectivity index (χ2n) is 9.50. The molecule has 0 saturated heterocycles. The molecular weight excluding hydrogens is 454 g/mol. The zero-order valence-electron chi connectivity index (χ0n) is 19.8. The number of nitrogens with zero attached hydrogens (tertiary/aromatic N) is 3. The third-order valence-corrected chi connectivity index (χ3v) is 7.28. The van der Waals surface area contributed by atoms with Gasteiger partial charge in [0.05, 0.1) is 6.54 Å². The molecule has 3 amide bonds. The molecule has 1 atom stereocenters. The summed E-state index contributed by atoms with van der Waals surface area (Å²) in [4.78, 5) is 40.5. The van der Waals surface area contributed by atoms with Gasteiger partial charge in [-0.3, -0.25) is 19.1 Å². The Bertz CT molecular complexity index is 1060. The van der Waals surface area contributed by atoms with Gasteiger partial charge in [0.25, 0.3) is 11.8 Å². The van der Waals surface area contributed by atoms with Crippen molar-refractivity contribution in [2.24, 2.45) is 0 Å². The second kappa shape index (κ2) is 10.2. The quantitative estimate of drug-likeness (QED) is 0.614.